The number of nitrogens with two attached hydrogens (primary N) is 1. The van der Waals surface area contributed by atoms with Gasteiger partial charge in [0.1, 0.15) is 17.5 Å². The van der Waals surface area contributed by atoms with Gasteiger partial charge in [0, 0.05) is 29.4 Å². The van der Waals surface area contributed by atoms with Gasteiger partial charge in [-0.2, -0.15) is 5.10 Å². The Bertz CT molecular complexity index is 1020. The molecule has 0 amide bonds. The monoisotopic (exact) mass is 349 g/mol. The second kappa shape index (κ2) is 6.11. The van der Waals surface area contributed by atoms with Gasteiger partial charge in [-0.15, -0.1) is 0 Å². The van der Waals surface area contributed by atoms with Crippen LogP contribution in [0.1, 0.15) is 6.92 Å². The molecule has 1 aliphatic heterocycles. The van der Waals surface area contributed by atoms with Gasteiger partial charge in [0.25, 0.3) is 0 Å². The summed E-state index contributed by atoms with van der Waals surface area (Å²) in [6.45, 7) is 1.85. The Morgan fingerprint density at radius 3 is 2.54 bits per heavy atom. The molecule has 0 radical (unpaired) electrons. The van der Waals surface area contributed by atoms with Crippen LogP contribution in [-0.2, 0) is 4.79 Å². The van der Waals surface area contributed by atoms with Gasteiger partial charge in [0.15, 0.2) is 5.78 Å². The zero-order valence-corrected chi connectivity index (χ0v) is 14.0. The Kier molecular flexibility index (Phi) is 3.76. The summed E-state index contributed by atoms with van der Waals surface area (Å²) in [6, 6.07) is 9.99. The van der Waals surface area contributed by atoms with E-state index in [4.69, 9.17) is 5.73 Å². The van der Waals surface area contributed by atoms with Gasteiger partial charge in [0.2, 0.25) is 0 Å². The summed E-state index contributed by atoms with van der Waals surface area (Å²) in [5.74, 6) is 0.707. The Morgan fingerprint density at radius 2 is 1.88 bits per heavy atom. The fourth-order valence-electron chi connectivity index (χ4n) is 2.95. The highest BCUT2D eigenvalue weighted by Crippen LogP contribution is 2.32. The van der Waals surface area contributed by atoms with Gasteiger partial charge in [-0.25, -0.2) is 9.07 Å². The van der Waals surface area contributed by atoms with E-state index in [2.05, 4.69) is 15.4 Å². The fraction of sp³-hybridized carbons (Fsp3) is 0.105. The highest BCUT2D eigenvalue weighted by Gasteiger charge is 2.23. The minimum absolute atomic E-state index is 0.0805. The number of nitrogens with zero attached hydrogens (tertiary/aromatic N) is 3. The lowest BCUT2D eigenvalue weighted by molar-refractivity contribution is -0.113. The number of hydrogen-bond acceptors (Lipinski definition) is 5. The first-order valence-corrected chi connectivity index (χ1v) is 8.09. The van der Waals surface area contributed by atoms with Gasteiger partial charge >= 0.3 is 0 Å². The predicted molar refractivity (Wildman–Crippen MR) is 97.4 cm³/mol. The van der Waals surface area contributed by atoms with Crippen LogP contribution in [0.25, 0.3) is 28.2 Å². The molecule has 7 heteroatoms. The van der Waals surface area contributed by atoms with Crippen molar-refractivity contribution in [3.05, 3.63) is 60.2 Å². The van der Waals surface area contributed by atoms with Crippen LogP contribution < -0.4 is 11.1 Å². The van der Waals surface area contributed by atoms with Crippen molar-refractivity contribution in [2.45, 2.75) is 6.92 Å². The number of pyridine rings is 1. The number of aromatic nitrogens is 3. The number of fused-ring (bicyclic) bond motifs is 1. The van der Waals surface area contributed by atoms with E-state index in [-0.39, 0.29) is 11.6 Å². The number of nitrogens with one attached hydrogen (secondary N) is 1. The Balaban J connectivity index is 1.69. The maximum atomic E-state index is 13.1. The third-order valence-corrected chi connectivity index (χ3v) is 4.38. The van der Waals surface area contributed by atoms with Gasteiger partial charge < -0.3 is 11.1 Å². The van der Waals surface area contributed by atoms with Crippen molar-refractivity contribution in [2.75, 3.05) is 11.9 Å². The minimum Gasteiger partial charge on any atom is -0.383 e. The second-order valence-electron chi connectivity index (χ2n) is 6.03. The van der Waals surface area contributed by atoms with E-state index in [1.807, 2.05) is 12.1 Å². The molecule has 3 aromatic rings. The number of anilines is 1. The Hall–Kier alpha value is -3.48. The minimum atomic E-state index is -0.279. The van der Waals surface area contributed by atoms with E-state index in [0.29, 0.717) is 17.9 Å². The number of ketones is 1. The van der Waals surface area contributed by atoms with Crippen LogP contribution >= 0.6 is 0 Å². The van der Waals surface area contributed by atoms with Crippen LogP contribution in [0, 0.1) is 5.82 Å². The van der Waals surface area contributed by atoms with Crippen LogP contribution in [0.15, 0.2) is 54.4 Å². The predicted octanol–water partition coefficient (Wildman–Crippen LogP) is 2.89. The van der Waals surface area contributed by atoms with Crippen LogP contribution in [0.2, 0.25) is 0 Å². The maximum Gasteiger partial charge on any atom is 0.161 e. The van der Waals surface area contributed by atoms with Crippen LogP contribution in [-0.4, -0.2) is 27.1 Å². The average Bonchev–Trinajstić information content (AvgIpc) is 3.07. The number of hydrogen-bond donors (Lipinski definition) is 2. The molecule has 0 aliphatic carbocycles. The average molecular weight is 349 g/mol. The summed E-state index contributed by atoms with van der Waals surface area (Å²) < 4.78 is 14.6. The van der Waals surface area contributed by atoms with Crippen molar-refractivity contribution in [3.63, 3.8) is 0 Å². The molecule has 4 rings (SSSR count). The van der Waals surface area contributed by atoms with Crippen molar-refractivity contribution in [2.24, 2.45) is 5.73 Å². The van der Waals surface area contributed by atoms with Gasteiger partial charge in [-0.1, -0.05) is 6.07 Å². The summed E-state index contributed by atoms with van der Waals surface area (Å²) in [7, 11) is 0. The fourth-order valence-corrected chi connectivity index (χ4v) is 2.95. The van der Waals surface area contributed by atoms with E-state index in [1.54, 1.807) is 24.5 Å². The quantitative estimate of drug-likeness (QED) is 0.759. The summed E-state index contributed by atoms with van der Waals surface area (Å²) in [5.41, 5.74) is 9.88. The molecule has 0 atom stereocenters. The first-order valence-electron chi connectivity index (χ1n) is 8.09. The van der Waals surface area contributed by atoms with E-state index in [9.17, 15) is 9.18 Å². The van der Waals surface area contributed by atoms with E-state index in [1.165, 1.54) is 23.7 Å². The first-order chi connectivity index (χ1) is 12.5. The molecule has 2 aromatic heterocycles. The third kappa shape index (κ3) is 2.63. The molecule has 1 aliphatic rings. The van der Waals surface area contributed by atoms with E-state index in [0.717, 1.165) is 28.2 Å². The molecule has 130 valence electrons. The Morgan fingerprint density at radius 1 is 1.15 bits per heavy atom. The van der Waals surface area contributed by atoms with Crippen molar-refractivity contribution in [1.82, 2.24) is 14.8 Å². The number of Topliss-reactive ketones (excluding diaryl/α,β-unsaturated/α-hetero) is 1. The van der Waals surface area contributed by atoms with Crippen LogP contribution in [0.3, 0.4) is 0 Å². The molecule has 0 bridgehead atoms. The number of halogens is 1. The number of carbonyl (C=O) groups is 1. The normalized spacial score (nSPS) is 13.3. The zero-order chi connectivity index (χ0) is 18.3. The summed E-state index contributed by atoms with van der Waals surface area (Å²) >= 11 is 0. The lowest BCUT2D eigenvalue weighted by Crippen LogP contribution is -2.26. The smallest absolute Gasteiger partial charge is 0.161 e. The lowest BCUT2D eigenvalue weighted by Gasteiger charge is -2.20. The Labute approximate surface area is 149 Å². The number of rotatable bonds is 3. The van der Waals surface area contributed by atoms with E-state index >= 15 is 0 Å². The molecule has 0 unspecified atom stereocenters. The standard InChI is InChI=1S/C19H16FN5O/c1-11(26)15-9-23-19-16(10-24-25(19)18(15)21)13-4-7-17(22-8-13)12-2-5-14(20)6-3-12/h2-8,10,23H,9,21H2,1H3. The third-order valence-electron chi connectivity index (χ3n) is 4.38. The van der Waals surface area contributed by atoms with Gasteiger partial charge in [-0.05, 0) is 37.3 Å². The maximum absolute atomic E-state index is 13.1. The number of carbonyl (C=O) groups excluding carboxylic acids is 1. The van der Waals surface area contributed by atoms with E-state index < -0.39 is 0 Å². The van der Waals surface area contributed by atoms with Gasteiger partial charge in [-0.3, -0.25) is 9.78 Å². The SMILES string of the molecule is CC(=O)C1=C(N)n2ncc(-c3ccc(-c4ccc(F)cc4)nc3)c2NC1. The molecular formula is C19H16FN5O. The molecule has 0 fully saturated rings. The molecule has 26 heavy (non-hydrogen) atoms. The first kappa shape index (κ1) is 16.0. The van der Waals surface area contributed by atoms with Gasteiger partial charge in [0.05, 0.1) is 17.5 Å². The van der Waals surface area contributed by atoms with Crippen molar-refractivity contribution in [3.8, 4) is 22.4 Å². The topological polar surface area (TPSA) is 85.8 Å². The largest absolute Gasteiger partial charge is 0.383 e. The van der Waals surface area contributed by atoms with Crippen molar-refractivity contribution >= 4 is 17.4 Å². The highest BCUT2D eigenvalue weighted by atomic mass is 19.1. The number of benzene rings is 1. The lowest BCUT2D eigenvalue weighted by atomic mass is 10.1. The molecule has 0 spiro atoms. The van der Waals surface area contributed by atoms with Crippen LogP contribution in [0.5, 0.6) is 0 Å². The van der Waals surface area contributed by atoms with Crippen LogP contribution in [0.4, 0.5) is 10.2 Å². The summed E-state index contributed by atoms with van der Waals surface area (Å²) in [5, 5.41) is 7.48. The van der Waals surface area contributed by atoms with Crippen molar-refractivity contribution in [1.29, 1.82) is 0 Å². The summed E-state index contributed by atoms with van der Waals surface area (Å²) in [4.78, 5) is 16.1. The zero-order valence-electron chi connectivity index (χ0n) is 14.0. The molecule has 6 nitrogen and oxygen atoms in total. The molecular weight excluding hydrogens is 333 g/mol. The molecule has 3 heterocycles. The molecule has 0 saturated heterocycles. The molecule has 3 N–H and O–H groups in total. The second-order valence-corrected chi connectivity index (χ2v) is 6.03. The highest BCUT2D eigenvalue weighted by molar-refractivity contribution is 6.00. The summed E-state index contributed by atoms with van der Waals surface area (Å²) in [6.07, 6.45) is 3.42. The molecule has 1 aromatic carbocycles. The molecule has 0 saturated carbocycles. The van der Waals surface area contributed by atoms with Crippen molar-refractivity contribution < 1.29 is 9.18 Å².